The standard InChI is InChI=1S/C38H47F2N7O4/c1-4-29-23-46(37-26(3)42-33(22-41-37)38-44-43-35(51-38)13-14-36(48)50-5-2)19-20-47(29)30-15-17-45(18-16-30)34(28-11-12-31(39)32(40)21-28)25-49-24-27-9-7-6-8-10-27/h6-12,21-22,29-30,34H,4-5,13-20,23-25H2,1-3H3/t29-,34-/m0/s1. The maximum atomic E-state index is 14.4. The molecule has 2 fully saturated rings. The van der Waals surface area contributed by atoms with Crippen LogP contribution in [0.5, 0.6) is 0 Å². The summed E-state index contributed by atoms with van der Waals surface area (Å²) in [5, 5.41) is 8.17. The summed E-state index contributed by atoms with van der Waals surface area (Å²) in [6, 6.07) is 14.8. The number of hydrogen-bond acceptors (Lipinski definition) is 11. The molecule has 0 radical (unpaired) electrons. The number of piperidine rings is 1. The van der Waals surface area contributed by atoms with Gasteiger partial charge in [0.25, 0.3) is 5.89 Å². The van der Waals surface area contributed by atoms with Gasteiger partial charge >= 0.3 is 5.97 Å². The van der Waals surface area contributed by atoms with Crippen molar-refractivity contribution in [2.45, 2.75) is 77.6 Å². The zero-order valence-corrected chi connectivity index (χ0v) is 29.6. The Morgan fingerprint density at radius 3 is 2.55 bits per heavy atom. The molecule has 0 unspecified atom stereocenters. The Hall–Kier alpha value is -4.33. The molecule has 4 heterocycles. The van der Waals surface area contributed by atoms with Gasteiger partial charge in [0.05, 0.1) is 44.2 Å². The van der Waals surface area contributed by atoms with Crippen molar-refractivity contribution in [3.8, 4) is 11.6 Å². The van der Waals surface area contributed by atoms with Crippen LogP contribution in [0.4, 0.5) is 14.6 Å². The first kappa shape index (κ1) is 36.5. The molecule has 2 aliphatic heterocycles. The summed E-state index contributed by atoms with van der Waals surface area (Å²) in [5.41, 5.74) is 3.09. The third-order valence-corrected chi connectivity index (χ3v) is 9.88. The topological polar surface area (TPSA) is 110 Å². The highest BCUT2D eigenvalue weighted by Gasteiger charge is 2.35. The summed E-state index contributed by atoms with van der Waals surface area (Å²) >= 11 is 0. The normalized spacial score (nSPS) is 18.2. The van der Waals surface area contributed by atoms with E-state index in [1.54, 1.807) is 19.2 Å². The van der Waals surface area contributed by atoms with E-state index in [4.69, 9.17) is 23.9 Å². The Balaban J connectivity index is 1.05. The Kier molecular flexibility index (Phi) is 12.3. The minimum Gasteiger partial charge on any atom is -0.466 e. The highest BCUT2D eigenvalue weighted by Crippen LogP contribution is 2.31. The van der Waals surface area contributed by atoms with Gasteiger partial charge in [-0.2, -0.15) is 0 Å². The van der Waals surface area contributed by atoms with Crippen molar-refractivity contribution >= 4 is 11.8 Å². The van der Waals surface area contributed by atoms with Crippen molar-refractivity contribution in [3.63, 3.8) is 0 Å². The quantitative estimate of drug-likeness (QED) is 0.146. The van der Waals surface area contributed by atoms with E-state index in [0.29, 0.717) is 49.9 Å². The number of carbonyl (C=O) groups excluding carboxylic acids is 1. The largest absolute Gasteiger partial charge is 0.466 e. The van der Waals surface area contributed by atoms with Crippen LogP contribution in [0.15, 0.2) is 59.1 Å². The molecule has 13 heteroatoms. The molecule has 11 nitrogen and oxygen atoms in total. The molecule has 0 amide bonds. The molecule has 272 valence electrons. The molecule has 0 N–H and O–H groups in total. The van der Waals surface area contributed by atoms with Crippen molar-refractivity contribution < 1.29 is 27.5 Å². The number of carbonyl (C=O) groups is 1. The van der Waals surface area contributed by atoms with Crippen molar-refractivity contribution in [2.75, 3.05) is 50.8 Å². The molecule has 0 bridgehead atoms. The summed E-state index contributed by atoms with van der Waals surface area (Å²) in [4.78, 5) is 28.5. The van der Waals surface area contributed by atoms with Crippen LogP contribution in [-0.2, 0) is 27.3 Å². The number of rotatable bonds is 14. The van der Waals surface area contributed by atoms with Gasteiger partial charge in [0.2, 0.25) is 5.89 Å². The summed E-state index contributed by atoms with van der Waals surface area (Å²) in [5.74, 6) is -0.507. The second-order valence-corrected chi connectivity index (χ2v) is 13.2. The van der Waals surface area contributed by atoms with Crippen molar-refractivity contribution in [1.29, 1.82) is 0 Å². The zero-order chi connectivity index (χ0) is 35.7. The number of piperazine rings is 1. The molecular weight excluding hydrogens is 656 g/mol. The lowest BCUT2D eigenvalue weighted by atomic mass is 9.95. The van der Waals surface area contributed by atoms with Gasteiger partial charge in [-0.1, -0.05) is 43.3 Å². The predicted molar refractivity (Wildman–Crippen MR) is 188 cm³/mol. The average Bonchev–Trinajstić information content (AvgIpc) is 3.63. The fourth-order valence-corrected chi connectivity index (χ4v) is 7.22. The van der Waals surface area contributed by atoms with Crippen molar-refractivity contribution in [3.05, 3.63) is 89.1 Å². The molecule has 4 aromatic rings. The van der Waals surface area contributed by atoms with E-state index in [2.05, 4.69) is 31.8 Å². The van der Waals surface area contributed by atoms with Crippen LogP contribution in [0.3, 0.4) is 0 Å². The number of esters is 1. The van der Waals surface area contributed by atoms with Crippen LogP contribution in [0.1, 0.15) is 68.3 Å². The van der Waals surface area contributed by atoms with Crippen LogP contribution in [-0.4, -0.2) is 94.0 Å². The molecule has 6 rings (SSSR count). The number of hydrogen-bond donors (Lipinski definition) is 0. The van der Waals surface area contributed by atoms with Gasteiger partial charge in [-0.05, 0) is 56.4 Å². The molecule has 2 aromatic carbocycles. The number of aromatic nitrogens is 4. The van der Waals surface area contributed by atoms with E-state index in [1.807, 2.05) is 37.3 Å². The Morgan fingerprint density at radius 1 is 1.02 bits per heavy atom. The van der Waals surface area contributed by atoms with Gasteiger partial charge in [-0.15, -0.1) is 10.2 Å². The third kappa shape index (κ3) is 9.13. The molecule has 2 saturated heterocycles. The highest BCUT2D eigenvalue weighted by atomic mass is 19.2. The number of ether oxygens (including phenoxy) is 2. The van der Waals surface area contributed by atoms with E-state index in [-0.39, 0.29) is 24.3 Å². The average molecular weight is 704 g/mol. The smallest absolute Gasteiger partial charge is 0.306 e. The second-order valence-electron chi connectivity index (χ2n) is 13.2. The maximum absolute atomic E-state index is 14.4. The Labute approximate surface area is 298 Å². The number of anilines is 1. The summed E-state index contributed by atoms with van der Waals surface area (Å²) < 4.78 is 45.1. The lowest BCUT2D eigenvalue weighted by molar-refractivity contribution is -0.143. The van der Waals surface area contributed by atoms with E-state index in [9.17, 15) is 13.6 Å². The summed E-state index contributed by atoms with van der Waals surface area (Å²) in [6.45, 7) is 11.4. The minimum absolute atomic E-state index is 0.170. The fraction of sp³-hybridized carbons (Fsp3) is 0.500. The van der Waals surface area contributed by atoms with E-state index in [1.165, 1.54) is 12.1 Å². The first-order valence-corrected chi connectivity index (χ1v) is 18.0. The number of aryl methyl sites for hydroxylation is 2. The molecule has 2 atom stereocenters. The number of benzene rings is 2. The van der Waals surface area contributed by atoms with Crippen LogP contribution in [0, 0.1) is 18.6 Å². The molecule has 0 aliphatic carbocycles. The lowest BCUT2D eigenvalue weighted by Crippen LogP contribution is -2.58. The van der Waals surface area contributed by atoms with Crippen LogP contribution < -0.4 is 4.90 Å². The van der Waals surface area contributed by atoms with Crippen LogP contribution >= 0.6 is 0 Å². The van der Waals surface area contributed by atoms with Gasteiger partial charge < -0.3 is 18.8 Å². The predicted octanol–water partition coefficient (Wildman–Crippen LogP) is 5.93. The second kappa shape index (κ2) is 17.3. The third-order valence-electron chi connectivity index (χ3n) is 9.88. The van der Waals surface area contributed by atoms with Gasteiger partial charge in [-0.25, -0.2) is 18.7 Å². The van der Waals surface area contributed by atoms with Crippen LogP contribution in [0.25, 0.3) is 11.6 Å². The fourth-order valence-electron chi connectivity index (χ4n) is 7.22. The number of nitrogens with zero attached hydrogens (tertiary/aromatic N) is 7. The summed E-state index contributed by atoms with van der Waals surface area (Å²) in [6.07, 6.45) is 5.11. The van der Waals surface area contributed by atoms with Gasteiger partial charge in [-0.3, -0.25) is 14.6 Å². The van der Waals surface area contributed by atoms with E-state index >= 15 is 0 Å². The SMILES string of the molecule is CCOC(=O)CCc1nnc(-c2cnc(N3CCN(C4CCN([C@@H](COCc5ccccc5)c5ccc(F)c(F)c5)CC4)[C@@H](CC)C3)c(C)n2)o1. The molecule has 0 spiro atoms. The van der Waals surface area contributed by atoms with Gasteiger partial charge in [0.15, 0.2) is 11.6 Å². The van der Waals surface area contributed by atoms with Gasteiger partial charge in [0, 0.05) is 51.2 Å². The lowest BCUT2D eigenvalue weighted by Gasteiger charge is -2.48. The van der Waals surface area contributed by atoms with E-state index in [0.717, 1.165) is 74.6 Å². The summed E-state index contributed by atoms with van der Waals surface area (Å²) in [7, 11) is 0. The monoisotopic (exact) mass is 703 g/mol. The van der Waals surface area contributed by atoms with E-state index < -0.39 is 11.6 Å². The maximum Gasteiger partial charge on any atom is 0.306 e. The zero-order valence-electron chi connectivity index (χ0n) is 29.6. The number of halogens is 2. The first-order valence-electron chi connectivity index (χ1n) is 18.0. The van der Waals surface area contributed by atoms with Crippen LogP contribution in [0.2, 0.25) is 0 Å². The Bertz CT molecular complexity index is 1730. The highest BCUT2D eigenvalue weighted by molar-refractivity contribution is 5.69. The molecular formula is C38H47F2N7O4. The van der Waals surface area contributed by atoms with Gasteiger partial charge in [0.1, 0.15) is 11.5 Å². The molecule has 2 aliphatic rings. The van der Waals surface area contributed by atoms with Crippen molar-refractivity contribution in [1.82, 2.24) is 30.0 Å². The first-order chi connectivity index (χ1) is 24.8. The Morgan fingerprint density at radius 2 is 1.82 bits per heavy atom. The number of likely N-dealkylation sites (tertiary alicyclic amines) is 1. The molecule has 2 aromatic heterocycles. The minimum atomic E-state index is -0.840. The van der Waals surface area contributed by atoms with Crippen molar-refractivity contribution in [2.24, 2.45) is 0 Å². The molecule has 0 saturated carbocycles. The molecule has 51 heavy (non-hydrogen) atoms.